The molecule has 0 bridgehead atoms. The quantitative estimate of drug-likeness (QED) is 0.715. The number of carbonyl (C=O) groups excluding carboxylic acids is 2. The van der Waals surface area contributed by atoms with Crippen LogP contribution in [0.2, 0.25) is 0 Å². The molecule has 0 heterocycles. The number of ether oxygens (including phenoxy) is 3. The van der Waals surface area contributed by atoms with Crippen LogP contribution in [0.1, 0.15) is 36.7 Å². The number of amides is 1. The zero-order chi connectivity index (χ0) is 19.8. The normalized spacial score (nSPS) is 11.7. The number of anilines is 1. The van der Waals surface area contributed by atoms with Gasteiger partial charge in [0.15, 0.2) is 6.10 Å². The number of carbonyl (C=O) groups is 2. The van der Waals surface area contributed by atoms with Crippen LogP contribution in [0.4, 0.5) is 5.69 Å². The number of hydrogen-bond donors (Lipinski definition) is 1. The molecular weight excluding hydrogens is 346 g/mol. The summed E-state index contributed by atoms with van der Waals surface area (Å²) < 4.78 is 15.8. The Morgan fingerprint density at radius 2 is 1.59 bits per heavy atom. The monoisotopic (exact) mass is 371 g/mol. The smallest absolute Gasteiger partial charge is 0.338 e. The fourth-order valence-corrected chi connectivity index (χ4v) is 2.20. The van der Waals surface area contributed by atoms with Gasteiger partial charge in [0.1, 0.15) is 5.75 Å². The van der Waals surface area contributed by atoms with Crippen molar-refractivity contribution in [2.75, 3.05) is 12.4 Å². The van der Waals surface area contributed by atoms with Gasteiger partial charge in [-0.25, -0.2) is 4.79 Å². The molecule has 1 N–H and O–H groups in total. The molecule has 1 amide bonds. The maximum atomic E-state index is 12.2. The molecule has 0 aliphatic heterocycles. The average molecular weight is 371 g/mol. The van der Waals surface area contributed by atoms with E-state index in [1.165, 1.54) is 6.92 Å². The van der Waals surface area contributed by atoms with E-state index >= 15 is 0 Å². The Morgan fingerprint density at radius 1 is 0.963 bits per heavy atom. The lowest BCUT2D eigenvalue weighted by Crippen LogP contribution is -2.30. The highest BCUT2D eigenvalue weighted by molar-refractivity contribution is 5.97. The summed E-state index contributed by atoms with van der Waals surface area (Å²) >= 11 is 0. The second-order valence-electron chi connectivity index (χ2n) is 6.32. The SMILES string of the molecule is COc1ccc(NC(=O)[C@H](C)OC(=O)c2ccc(COC(C)C)cc2)cc1. The molecule has 2 aromatic rings. The van der Waals surface area contributed by atoms with Crippen molar-refractivity contribution in [3.05, 3.63) is 59.7 Å². The lowest BCUT2D eigenvalue weighted by atomic mass is 10.1. The number of hydrogen-bond acceptors (Lipinski definition) is 5. The van der Waals surface area contributed by atoms with Gasteiger partial charge in [-0.05, 0) is 62.7 Å². The fraction of sp³-hybridized carbons (Fsp3) is 0.333. The molecule has 0 spiro atoms. The average Bonchev–Trinajstić information content (AvgIpc) is 2.67. The first-order valence-corrected chi connectivity index (χ1v) is 8.75. The lowest BCUT2D eigenvalue weighted by Gasteiger charge is -2.14. The van der Waals surface area contributed by atoms with E-state index in [0.29, 0.717) is 23.6 Å². The summed E-state index contributed by atoms with van der Waals surface area (Å²) in [6.45, 7) is 5.93. The maximum Gasteiger partial charge on any atom is 0.338 e. The first-order valence-electron chi connectivity index (χ1n) is 8.75. The number of methoxy groups -OCH3 is 1. The molecule has 0 aromatic heterocycles. The Kier molecular flexibility index (Phi) is 7.37. The molecule has 6 heteroatoms. The lowest BCUT2D eigenvalue weighted by molar-refractivity contribution is -0.123. The molecule has 27 heavy (non-hydrogen) atoms. The highest BCUT2D eigenvalue weighted by Crippen LogP contribution is 2.16. The number of nitrogens with one attached hydrogen (secondary N) is 1. The van der Waals surface area contributed by atoms with Gasteiger partial charge in [0.25, 0.3) is 5.91 Å². The third-order valence-electron chi connectivity index (χ3n) is 3.78. The van der Waals surface area contributed by atoms with Crippen LogP contribution in [0, 0.1) is 0 Å². The van der Waals surface area contributed by atoms with Crippen LogP contribution in [0.25, 0.3) is 0 Å². The van der Waals surface area contributed by atoms with Gasteiger partial charge in [0, 0.05) is 5.69 Å². The van der Waals surface area contributed by atoms with E-state index in [2.05, 4.69) is 5.32 Å². The molecule has 0 aliphatic carbocycles. The van der Waals surface area contributed by atoms with E-state index in [0.717, 1.165) is 5.56 Å². The summed E-state index contributed by atoms with van der Waals surface area (Å²) in [6, 6.07) is 13.8. The van der Waals surface area contributed by atoms with Crippen molar-refractivity contribution in [1.82, 2.24) is 0 Å². The molecule has 2 aromatic carbocycles. The van der Waals surface area contributed by atoms with Gasteiger partial charge in [0.05, 0.1) is 25.4 Å². The molecule has 0 unspecified atom stereocenters. The van der Waals surface area contributed by atoms with Crippen molar-refractivity contribution in [1.29, 1.82) is 0 Å². The van der Waals surface area contributed by atoms with E-state index in [1.54, 1.807) is 55.6 Å². The largest absolute Gasteiger partial charge is 0.497 e. The predicted molar refractivity (Wildman–Crippen MR) is 103 cm³/mol. The Morgan fingerprint density at radius 3 is 2.15 bits per heavy atom. The van der Waals surface area contributed by atoms with Crippen molar-refractivity contribution in [2.24, 2.45) is 0 Å². The second-order valence-corrected chi connectivity index (χ2v) is 6.32. The second kappa shape index (κ2) is 9.73. The van der Waals surface area contributed by atoms with E-state index in [1.807, 2.05) is 13.8 Å². The summed E-state index contributed by atoms with van der Waals surface area (Å²) in [4.78, 5) is 24.4. The molecule has 6 nitrogen and oxygen atoms in total. The van der Waals surface area contributed by atoms with Gasteiger partial charge in [-0.1, -0.05) is 12.1 Å². The van der Waals surface area contributed by atoms with Gasteiger partial charge < -0.3 is 19.5 Å². The van der Waals surface area contributed by atoms with Crippen LogP contribution in [0.5, 0.6) is 5.75 Å². The van der Waals surface area contributed by atoms with Crippen LogP contribution in [0.15, 0.2) is 48.5 Å². The molecule has 2 rings (SSSR count). The minimum Gasteiger partial charge on any atom is -0.497 e. The minimum absolute atomic E-state index is 0.139. The highest BCUT2D eigenvalue weighted by Gasteiger charge is 2.19. The fourth-order valence-electron chi connectivity index (χ4n) is 2.20. The summed E-state index contributed by atoms with van der Waals surface area (Å²) in [5.41, 5.74) is 1.94. The molecule has 0 radical (unpaired) electrons. The van der Waals surface area contributed by atoms with E-state index in [4.69, 9.17) is 14.2 Å². The topological polar surface area (TPSA) is 73.9 Å². The van der Waals surface area contributed by atoms with E-state index in [9.17, 15) is 9.59 Å². The van der Waals surface area contributed by atoms with Crippen LogP contribution in [0.3, 0.4) is 0 Å². The van der Waals surface area contributed by atoms with E-state index in [-0.39, 0.29) is 6.10 Å². The Balaban J connectivity index is 1.88. The van der Waals surface area contributed by atoms with E-state index < -0.39 is 18.0 Å². The molecule has 144 valence electrons. The molecular formula is C21H25NO5. The van der Waals surface area contributed by atoms with Crippen molar-refractivity contribution in [3.63, 3.8) is 0 Å². The summed E-state index contributed by atoms with van der Waals surface area (Å²) in [5.74, 6) is -0.270. The Hall–Kier alpha value is -2.86. The standard InChI is InChI=1S/C21H25NO5/c1-14(2)26-13-16-5-7-17(8-6-16)21(24)27-15(3)20(23)22-18-9-11-19(25-4)12-10-18/h5-12,14-15H,13H2,1-4H3,(H,22,23)/t15-/m0/s1. The zero-order valence-electron chi connectivity index (χ0n) is 16.0. The minimum atomic E-state index is -0.927. The molecule has 0 aliphatic rings. The van der Waals surface area contributed by atoms with Crippen molar-refractivity contribution in [3.8, 4) is 5.75 Å². The predicted octanol–water partition coefficient (Wildman–Crippen LogP) is 3.80. The maximum absolute atomic E-state index is 12.2. The van der Waals surface area contributed by atoms with Gasteiger partial charge in [-0.3, -0.25) is 4.79 Å². The molecule has 0 saturated carbocycles. The van der Waals surface area contributed by atoms with Gasteiger partial charge >= 0.3 is 5.97 Å². The van der Waals surface area contributed by atoms with Crippen molar-refractivity contribution in [2.45, 2.75) is 39.6 Å². The van der Waals surface area contributed by atoms with Crippen molar-refractivity contribution >= 4 is 17.6 Å². The first kappa shape index (κ1) is 20.5. The van der Waals surface area contributed by atoms with Crippen LogP contribution in [-0.4, -0.2) is 31.2 Å². The number of esters is 1. The highest BCUT2D eigenvalue weighted by atomic mass is 16.5. The zero-order valence-corrected chi connectivity index (χ0v) is 16.0. The third kappa shape index (κ3) is 6.42. The summed E-state index contributed by atoms with van der Waals surface area (Å²) in [5, 5.41) is 2.70. The van der Waals surface area contributed by atoms with Crippen LogP contribution in [-0.2, 0) is 20.9 Å². The molecule has 0 fully saturated rings. The van der Waals surface area contributed by atoms with Gasteiger partial charge in [-0.2, -0.15) is 0 Å². The number of rotatable bonds is 8. The molecule has 0 saturated heterocycles. The summed E-state index contributed by atoms with van der Waals surface area (Å²) in [6.07, 6.45) is -0.789. The van der Waals surface area contributed by atoms with Gasteiger partial charge in [-0.15, -0.1) is 0 Å². The molecule has 1 atom stereocenters. The number of benzene rings is 2. The Bertz CT molecular complexity index is 753. The van der Waals surface area contributed by atoms with Crippen LogP contribution >= 0.6 is 0 Å². The van der Waals surface area contributed by atoms with Crippen LogP contribution < -0.4 is 10.1 Å². The third-order valence-corrected chi connectivity index (χ3v) is 3.78. The summed E-state index contributed by atoms with van der Waals surface area (Å²) in [7, 11) is 1.57. The van der Waals surface area contributed by atoms with Gasteiger partial charge in [0.2, 0.25) is 0 Å². The van der Waals surface area contributed by atoms with Crippen molar-refractivity contribution < 1.29 is 23.8 Å². The Labute approximate surface area is 159 Å². The first-order chi connectivity index (χ1) is 12.9.